The molecular weight excluding hydrogens is 338 g/mol. The molecule has 0 fully saturated rings. The van der Waals surface area contributed by atoms with Gasteiger partial charge >= 0.3 is 0 Å². The van der Waals surface area contributed by atoms with Crippen LogP contribution < -0.4 is 10.5 Å². The number of nitro groups is 1. The maximum atomic E-state index is 12.3. The van der Waals surface area contributed by atoms with Gasteiger partial charge in [0.15, 0.2) is 6.61 Å². The van der Waals surface area contributed by atoms with Gasteiger partial charge in [-0.05, 0) is 30.7 Å². The number of rotatable bonds is 7. The predicted octanol–water partition coefficient (Wildman–Crippen LogP) is 2.29. The highest BCUT2D eigenvalue weighted by molar-refractivity contribution is 5.93. The highest BCUT2D eigenvalue weighted by atomic mass is 16.6. The number of nitrogens with two attached hydrogens (primary N) is 1. The predicted molar refractivity (Wildman–Crippen MR) is 94.7 cm³/mol. The van der Waals surface area contributed by atoms with Crippen LogP contribution in [0.1, 0.15) is 28.9 Å². The fourth-order valence-electron chi connectivity index (χ4n) is 2.32. The Bertz CT molecular complexity index is 837. The molecule has 0 aliphatic heterocycles. The molecule has 0 aliphatic carbocycles. The fourth-order valence-corrected chi connectivity index (χ4v) is 2.32. The third-order valence-corrected chi connectivity index (χ3v) is 4.02. The van der Waals surface area contributed by atoms with Gasteiger partial charge < -0.3 is 15.4 Å². The molecule has 1 unspecified atom stereocenters. The number of primary amides is 1. The third-order valence-electron chi connectivity index (χ3n) is 4.02. The minimum Gasteiger partial charge on any atom is -0.484 e. The van der Waals surface area contributed by atoms with Gasteiger partial charge in [-0.15, -0.1) is 0 Å². The number of carbonyl (C=O) groups excluding carboxylic acids is 2. The molecule has 0 bridgehead atoms. The summed E-state index contributed by atoms with van der Waals surface area (Å²) in [5.74, 6) is -0.544. The van der Waals surface area contributed by atoms with E-state index >= 15 is 0 Å². The molecule has 0 saturated carbocycles. The zero-order valence-corrected chi connectivity index (χ0v) is 14.4. The van der Waals surface area contributed by atoms with Crippen molar-refractivity contribution in [1.82, 2.24) is 4.90 Å². The van der Waals surface area contributed by atoms with Crippen molar-refractivity contribution >= 4 is 17.5 Å². The van der Waals surface area contributed by atoms with Crippen LogP contribution in [0.25, 0.3) is 0 Å². The number of likely N-dealkylation sites (N-methyl/N-ethyl adjacent to an activating group) is 1. The molecule has 0 radical (unpaired) electrons. The summed E-state index contributed by atoms with van der Waals surface area (Å²) in [5.41, 5.74) is 6.10. The van der Waals surface area contributed by atoms with Crippen LogP contribution in [0.5, 0.6) is 5.75 Å². The second-order valence-corrected chi connectivity index (χ2v) is 5.71. The Morgan fingerprint density at radius 2 is 1.92 bits per heavy atom. The van der Waals surface area contributed by atoms with Gasteiger partial charge in [0.2, 0.25) is 5.91 Å². The zero-order chi connectivity index (χ0) is 19.3. The summed E-state index contributed by atoms with van der Waals surface area (Å²) >= 11 is 0. The minimum atomic E-state index is -0.585. The largest absolute Gasteiger partial charge is 0.484 e. The molecule has 0 aliphatic rings. The first-order valence-corrected chi connectivity index (χ1v) is 7.82. The highest BCUT2D eigenvalue weighted by Gasteiger charge is 2.19. The van der Waals surface area contributed by atoms with Gasteiger partial charge in [0.1, 0.15) is 5.75 Å². The SMILES string of the molecule is CC(c1cccc([N+](=O)[O-])c1)N(C)C(=O)COc1cccc(C(N)=O)c1. The molecule has 2 rings (SSSR count). The number of nitrogens with zero attached hydrogens (tertiary/aromatic N) is 2. The van der Waals surface area contributed by atoms with Crippen molar-refractivity contribution in [3.8, 4) is 5.75 Å². The van der Waals surface area contributed by atoms with E-state index in [1.54, 1.807) is 44.3 Å². The normalized spacial score (nSPS) is 11.5. The first-order chi connectivity index (χ1) is 12.3. The van der Waals surface area contributed by atoms with Gasteiger partial charge in [-0.1, -0.05) is 18.2 Å². The van der Waals surface area contributed by atoms with Crippen LogP contribution in [0.15, 0.2) is 48.5 Å². The number of amides is 2. The topological polar surface area (TPSA) is 116 Å². The van der Waals surface area contributed by atoms with Crippen molar-refractivity contribution in [1.29, 1.82) is 0 Å². The summed E-state index contributed by atoms with van der Waals surface area (Å²) in [6.45, 7) is 1.53. The molecule has 0 heterocycles. The van der Waals surface area contributed by atoms with Crippen molar-refractivity contribution in [3.05, 3.63) is 69.8 Å². The fraction of sp³-hybridized carbons (Fsp3) is 0.222. The lowest BCUT2D eigenvalue weighted by molar-refractivity contribution is -0.384. The Kier molecular flexibility index (Phi) is 5.90. The lowest BCUT2D eigenvalue weighted by atomic mass is 10.1. The van der Waals surface area contributed by atoms with Crippen molar-refractivity contribution in [2.75, 3.05) is 13.7 Å². The monoisotopic (exact) mass is 357 g/mol. The molecular formula is C18H19N3O5. The number of hydrogen-bond acceptors (Lipinski definition) is 5. The van der Waals surface area contributed by atoms with E-state index in [1.165, 1.54) is 23.1 Å². The average Bonchev–Trinajstić information content (AvgIpc) is 2.65. The van der Waals surface area contributed by atoms with E-state index in [1.807, 2.05) is 0 Å². The van der Waals surface area contributed by atoms with Crippen LogP contribution in [0.3, 0.4) is 0 Å². The number of carbonyl (C=O) groups is 2. The summed E-state index contributed by atoms with van der Waals surface area (Å²) in [5, 5.41) is 10.9. The first kappa shape index (κ1) is 18.9. The number of hydrogen-bond donors (Lipinski definition) is 1. The number of benzene rings is 2. The Hall–Kier alpha value is -3.42. The van der Waals surface area contributed by atoms with Gasteiger partial charge in [-0.3, -0.25) is 19.7 Å². The standard InChI is InChI=1S/C18H19N3O5/c1-12(13-5-3-7-15(9-13)21(24)25)20(2)17(22)11-26-16-8-4-6-14(10-16)18(19)23/h3-10,12H,11H2,1-2H3,(H2,19,23). The smallest absolute Gasteiger partial charge is 0.269 e. The van der Waals surface area contributed by atoms with Gasteiger partial charge in [0.05, 0.1) is 11.0 Å². The summed E-state index contributed by atoms with van der Waals surface area (Å²) < 4.78 is 5.42. The molecule has 2 aromatic carbocycles. The van der Waals surface area contributed by atoms with Crippen LogP contribution in [-0.2, 0) is 4.79 Å². The van der Waals surface area contributed by atoms with Gasteiger partial charge in [0.25, 0.3) is 11.6 Å². The molecule has 2 N–H and O–H groups in total. The summed E-state index contributed by atoms with van der Waals surface area (Å²) in [4.78, 5) is 35.4. The second-order valence-electron chi connectivity index (χ2n) is 5.71. The van der Waals surface area contributed by atoms with E-state index in [0.717, 1.165) is 0 Å². The van der Waals surface area contributed by atoms with Crippen LogP contribution in [0.2, 0.25) is 0 Å². The van der Waals surface area contributed by atoms with Crippen molar-refractivity contribution < 1.29 is 19.2 Å². The Balaban J connectivity index is 2.02. The van der Waals surface area contributed by atoms with Crippen LogP contribution in [-0.4, -0.2) is 35.3 Å². The van der Waals surface area contributed by atoms with E-state index in [0.29, 0.717) is 11.3 Å². The summed E-state index contributed by atoms with van der Waals surface area (Å²) in [7, 11) is 1.59. The van der Waals surface area contributed by atoms with E-state index in [-0.39, 0.29) is 29.8 Å². The summed E-state index contributed by atoms with van der Waals surface area (Å²) in [6.07, 6.45) is 0. The Morgan fingerprint density at radius 1 is 1.23 bits per heavy atom. The number of non-ortho nitro benzene ring substituents is 1. The average molecular weight is 357 g/mol. The molecule has 2 amide bonds. The van der Waals surface area contributed by atoms with Crippen molar-refractivity contribution in [2.45, 2.75) is 13.0 Å². The zero-order valence-electron chi connectivity index (χ0n) is 14.4. The van der Waals surface area contributed by atoms with E-state index < -0.39 is 10.8 Å². The first-order valence-electron chi connectivity index (χ1n) is 7.82. The summed E-state index contributed by atoms with van der Waals surface area (Å²) in [6, 6.07) is 12.0. The lowest BCUT2D eigenvalue weighted by Gasteiger charge is -2.25. The van der Waals surface area contributed by atoms with Crippen molar-refractivity contribution in [2.24, 2.45) is 5.73 Å². The maximum absolute atomic E-state index is 12.3. The lowest BCUT2D eigenvalue weighted by Crippen LogP contribution is -2.33. The molecule has 136 valence electrons. The molecule has 8 heteroatoms. The van der Waals surface area contributed by atoms with E-state index in [4.69, 9.17) is 10.5 Å². The Labute approximate surface area is 150 Å². The molecule has 0 aromatic heterocycles. The quantitative estimate of drug-likeness (QED) is 0.603. The highest BCUT2D eigenvalue weighted by Crippen LogP contribution is 2.23. The molecule has 2 aromatic rings. The third kappa shape index (κ3) is 4.56. The van der Waals surface area contributed by atoms with Crippen LogP contribution in [0.4, 0.5) is 5.69 Å². The second kappa shape index (κ2) is 8.11. The van der Waals surface area contributed by atoms with Crippen molar-refractivity contribution in [3.63, 3.8) is 0 Å². The Morgan fingerprint density at radius 3 is 2.58 bits per heavy atom. The van der Waals surface area contributed by atoms with E-state index in [2.05, 4.69) is 0 Å². The molecule has 26 heavy (non-hydrogen) atoms. The van der Waals surface area contributed by atoms with Gasteiger partial charge in [-0.2, -0.15) is 0 Å². The number of nitro benzene ring substituents is 1. The van der Waals surface area contributed by atoms with E-state index in [9.17, 15) is 19.7 Å². The number of ether oxygens (including phenoxy) is 1. The molecule has 8 nitrogen and oxygen atoms in total. The van der Waals surface area contributed by atoms with Gasteiger partial charge in [0, 0.05) is 24.7 Å². The van der Waals surface area contributed by atoms with Crippen LogP contribution in [0, 0.1) is 10.1 Å². The van der Waals surface area contributed by atoms with Crippen LogP contribution >= 0.6 is 0 Å². The molecule has 1 atom stereocenters. The maximum Gasteiger partial charge on any atom is 0.269 e. The minimum absolute atomic E-state index is 0.0327. The van der Waals surface area contributed by atoms with Gasteiger partial charge in [-0.25, -0.2) is 0 Å². The molecule has 0 saturated heterocycles. The molecule has 0 spiro atoms.